The summed E-state index contributed by atoms with van der Waals surface area (Å²) in [6.07, 6.45) is 2.23. The first kappa shape index (κ1) is 22.5. The number of nitrogens with one attached hydrogen (secondary N) is 2. The Bertz CT molecular complexity index is 1300. The van der Waals surface area contributed by atoms with Gasteiger partial charge in [-0.15, -0.1) is 0 Å². The fourth-order valence-corrected chi connectivity index (χ4v) is 4.15. The number of rotatable bonds is 5. The van der Waals surface area contributed by atoms with Crippen LogP contribution in [0, 0.1) is 17.7 Å². The number of anilines is 2. The highest BCUT2D eigenvalue weighted by Crippen LogP contribution is 2.37. The molecule has 1 heterocycles. The van der Waals surface area contributed by atoms with Crippen molar-refractivity contribution >= 4 is 34.8 Å². The second-order valence-electron chi connectivity index (χ2n) is 7.93. The average Bonchev–Trinajstić information content (AvgIpc) is 3.17. The Morgan fingerprint density at radius 3 is 2.36 bits per heavy atom. The van der Waals surface area contributed by atoms with Crippen molar-refractivity contribution in [2.45, 2.75) is 12.8 Å². The van der Waals surface area contributed by atoms with E-state index in [0.29, 0.717) is 29.2 Å². The van der Waals surface area contributed by atoms with Crippen LogP contribution in [-0.4, -0.2) is 16.4 Å². The summed E-state index contributed by atoms with van der Waals surface area (Å²) < 4.78 is 16.0. The lowest BCUT2D eigenvalue weighted by Crippen LogP contribution is -2.33. The third-order valence-electron chi connectivity index (χ3n) is 5.58. The number of hydrogen-bond acceptors (Lipinski definition) is 3. The quantitative estimate of drug-likeness (QED) is 0.532. The van der Waals surface area contributed by atoms with Crippen LogP contribution in [0.1, 0.15) is 12.8 Å². The molecule has 2 atom stereocenters. The van der Waals surface area contributed by atoms with E-state index in [1.54, 1.807) is 36.4 Å². The Kier molecular flexibility index (Phi) is 6.42. The number of allylic oxidation sites excluding steroid dienone is 1. The Labute approximate surface area is 194 Å². The Morgan fingerprint density at radius 1 is 0.970 bits per heavy atom. The van der Waals surface area contributed by atoms with Crippen LogP contribution in [0.25, 0.3) is 5.69 Å². The van der Waals surface area contributed by atoms with Gasteiger partial charge in [0, 0.05) is 29.0 Å². The summed E-state index contributed by atoms with van der Waals surface area (Å²) in [5.74, 6) is -2.80. The van der Waals surface area contributed by atoms with Crippen LogP contribution in [0.3, 0.4) is 0 Å². The van der Waals surface area contributed by atoms with Crippen molar-refractivity contribution in [3.63, 3.8) is 0 Å². The van der Waals surface area contributed by atoms with Crippen molar-refractivity contribution in [1.82, 2.24) is 4.57 Å². The van der Waals surface area contributed by atoms with Crippen molar-refractivity contribution in [3.05, 3.63) is 100 Å². The first-order valence-corrected chi connectivity index (χ1v) is 10.7. The third kappa shape index (κ3) is 5.04. The van der Waals surface area contributed by atoms with Crippen LogP contribution < -0.4 is 16.2 Å². The maximum Gasteiger partial charge on any atom is 0.255 e. The smallest absolute Gasteiger partial charge is 0.255 e. The van der Waals surface area contributed by atoms with Gasteiger partial charge < -0.3 is 10.6 Å². The van der Waals surface area contributed by atoms with Crippen molar-refractivity contribution in [3.8, 4) is 5.69 Å². The van der Waals surface area contributed by atoms with Crippen LogP contribution in [-0.2, 0) is 9.59 Å². The van der Waals surface area contributed by atoms with E-state index in [1.807, 2.05) is 0 Å². The van der Waals surface area contributed by atoms with Crippen LogP contribution >= 0.6 is 11.6 Å². The minimum Gasteiger partial charge on any atom is -0.326 e. The van der Waals surface area contributed by atoms with Crippen LogP contribution in [0.2, 0.25) is 5.02 Å². The molecule has 2 aromatic carbocycles. The SMILES string of the molecule is C=C1C[C@H](C(=O)Nc2cccc(Cl)c2)[C@@H](C(=O)Nc2ccc(-n3ccccc3=O)cc2F)C1. The van der Waals surface area contributed by atoms with E-state index in [4.69, 9.17) is 11.6 Å². The number of hydrogen-bond donors (Lipinski definition) is 2. The fraction of sp³-hybridized carbons (Fsp3) is 0.160. The number of amides is 2. The number of carbonyl (C=O) groups is 2. The molecule has 0 saturated heterocycles. The predicted molar refractivity (Wildman–Crippen MR) is 126 cm³/mol. The highest BCUT2D eigenvalue weighted by molar-refractivity contribution is 6.30. The Balaban J connectivity index is 1.49. The lowest BCUT2D eigenvalue weighted by atomic mass is 9.94. The maximum absolute atomic E-state index is 14.7. The Morgan fingerprint density at radius 2 is 1.70 bits per heavy atom. The molecule has 1 fully saturated rings. The normalized spacial score (nSPS) is 17.6. The largest absolute Gasteiger partial charge is 0.326 e. The molecular weight excluding hydrogens is 445 g/mol. The number of halogens is 2. The van der Waals surface area contributed by atoms with E-state index < -0.39 is 23.6 Å². The lowest BCUT2D eigenvalue weighted by molar-refractivity contribution is -0.128. The average molecular weight is 466 g/mol. The molecule has 1 aliphatic rings. The van der Waals surface area contributed by atoms with Gasteiger partial charge in [0.05, 0.1) is 23.2 Å². The first-order valence-electron chi connectivity index (χ1n) is 10.3. The predicted octanol–water partition coefficient (Wildman–Crippen LogP) is 4.79. The number of carbonyl (C=O) groups excluding carboxylic acids is 2. The Hall–Kier alpha value is -3.71. The highest BCUT2D eigenvalue weighted by Gasteiger charge is 2.39. The molecule has 168 valence electrons. The zero-order valence-corrected chi connectivity index (χ0v) is 18.3. The molecule has 0 aliphatic heterocycles. The molecule has 0 unspecified atom stereocenters. The standard InChI is InChI=1S/C25H21ClFN3O3/c1-15-11-19(24(32)28-17-6-4-5-16(26)13-17)20(12-15)25(33)29-22-9-8-18(14-21(22)27)30-10-3-2-7-23(30)31/h2-10,13-14,19-20H,1,11-12H2,(H,28,32)(H,29,33)/t19-,20-/m0/s1. The van der Waals surface area contributed by atoms with E-state index in [0.717, 1.165) is 5.57 Å². The van der Waals surface area contributed by atoms with Gasteiger partial charge in [0.2, 0.25) is 11.8 Å². The van der Waals surface area contributed by atoms with Crippen molar-refractivity contribution < 1.29 is 14.0 Å². The summed E-state index contributed by atoms with van der Waals surface area (Å²) in [4.78, 5) is 37.8. The second kappa shape index (κ2) is 9.42. The number of aromatic nitrogens is 1. The van der Waals surface area contributed by atoms with Gasteiger partial charge >= 0.3 is 0 Å². The van der Waals surface area contributed by atoms with Gasteiger partial charge in [-0.25, -0.2) is 4.39 Å². The van der Waals surface area contributed by atoms with E-state index in [-0.39, 0.29) is 17.2 Å². The van der Waals surface area contributed by atoms with Crippen LogP contribution in [0.4, 0.5) is 15.8 Å². The minimum atomic E-state index is -0.687. The molecule has 0 spiro atoms. The van der Waals surface area contributed by atoms with Crippen LogP contribution in [0.15, 0.2) is 83.8 Å². The molecule has 0 radical (unpaired) electrons. The zero-order valence-electron chi connectivity index (χ0n) is 17.6. The second-order valence-corrected chi connectivity index (χ2v) is 8.37. The molecule has 1 aromatic heterocycles. The van der Waals surface area contributed by atoms with Gasteiger partial charge in [-0.2, -0.15) is 0 Å². The molecule has 33 heavy (non-hydrogen) atoms. The lowest BCUT2D eigenvalue weighted by Gasteiger charge is -2.19. The van der Waals surface area contributed by atoms with E-state index in [1.165, 1.54) is 35.0 Å². The summed E-state index contributed by atoms with van der Waals surface area (Å²) in [7, 11) is 0. The number of nitrogens with zero attached hydrogens (tertiary/aromatic N) is 1. The van der Waals surface area contributed by atoms with Gasteiger partial charge in [-0.05, 0) is 49.2 Å². The molecule has 2 N–H and O–H groups in total. The first-order chi connectivity index (χ1) is 15.8. The number of pyridine rings is 1. The van der Waals surface area contributed by atoms with Crippen LogP contribution in [0.5, 0.6) is 0 Å². The number of benzene rings is 2. The molecule has 3 aromatic rings. The minimum absolute atomic E-state index is 0.0285. The van der Waals surface area contributed by atoms with E-state index in [2.05, 4.69) is 17.2 Å². The topological polar surface area (TPSA) is 80.2 Å². The third-order valence-corrected chi connectivity index (χ3v) is 5.81. The van der Waals surface area contributed by atoms with Gasteiger partial charge in [-0.1, -0.05) is 35.9 Å². The summed E-state index contributed by atoms with van der Waals surface area (Å²) in [6.45, 7) is 3.93. The highest BCUT2D eigenvalue weighted by atomic mass is 35.5. The molecular formula is C25H21ClFN3O3. The maximum atomic E-state index is 14.7. The monoisotopic (exact) mass is 465 g/mol. The summed E-state index contributed by atoms with van der Waals surface area (Å²) in [5.41, 5.74) is 1.32. The summed E-state index contributed by atoms with van der Waals surface area (Å²) >= 11 is 5.97. The van der Waals surface area contributed by atoms with E-state index >= 15 is 0 Å². The van der Waals surface area contributed by atoms with Gasteiger partial charge in [0.15, 0.2) is 0 Å². The van der Waals surface area contributed by atoms with Gasteiger partial charge in [0.1, 0.15) is 5.82 Å². The fourth-order valence-electron chi connectivity index (χ4n) is 3.96. The van der Waals surface area contributed by atoms with Crippen molar-refractivity contribution in [2.75, 3.05) is 10.6 Å². The van der Waals surface area contributed by atoms with Gasteiger partial charge in [0.25, 0.3) is 5.56 Å². The molecule has 1 aliphatic carbocycles. The van der Waals surface area contributed by atoms with Crippen molar-refractivity contribution in [1.29, 1.82) is 0 Å². The van der Waals surface area contributed by atoms with Crippen molar-refractivity contribution in [2.24, 2.45) is 11.8 Å². The van der Waals surface area contributed by atoms with E-state index in [9.17, 15) is 18.8 Å². The molecule has 8 heteroatoms. The molecule has 4 rings (SSSR count). The summed E-state index contributed by atoms with van der Waals surface area (Å²) in [5, 5.41) is 5.85. The summed E-state index contributed by atoms with van der Waals surface area (Å²) in [6, 6.07) is 15.5. The molecule has 1 saturated carbocycles. The molecule has 2 amide bonds. The zero-order chi connectivity index (χ0) is 23.5. The molecule has 6 nitrogen and oxygen atoms in total. The van der Waals surface area contributed by atoms with Gasteiger partial charge in [-0.3, -0.25) is 19.0 Å². The molecule has 0 bridgehead atoms.